The molecule has 0 fully saturated rings. The largest absolute Gasteiger partial charge is 0.301 e. The Balaban J connectivity index is 3.75. The molecule has 0 aliphatic heterocycles. The zero-order chi connectivity index (χ0) is 7.98. The van der Waals surface area contributed by atoms with Crippen molar-refractivity contribution in [3.05, 3.63) is 12.2 Å². The lowest BCUT2D eigenvalue weighted by Gasteiger charge is -1.97. The predicted molar refractivity (Wildman–Crippen MR) is 47.1 cm³/mol. The maximum atomic E-state index is 5.65. The van der Waals surface area contributed by atoms with Crippen molar-refractivity contribution in [2.75, 3.05) is 14.1 Å². The minimum absolute atomic E-state index is 0.185. The molecule has 1 atom stereocenters. The van der Waals surface area contributed by atoms with Gasteiger partial charge in [0.25, 0.3) is 0 Å². The van der Waals surface area contributed by atoms with Crippen LogP contribution in [-0.2, 0) is 0 Å². The zero-order valence-corrected chi connectivity index (χ0v) is 7.45. The van der Waals surface area contributed by atoms with Crippen molar-refractivity contribution in [1.82, 2.24) is 5.32 Å². The van der Waals surface area contributed by atoms with E-state index in [9.17, 15) is 0 Å². The number of hydrogen-bond acceptors (Lipinski definition) is 2. The molecule has 0 radical (unpaired) electrons. The number of alkyl halides is 1. The topological polar surface area (TPSA) is 24.4 Å². The van der Waals surface area contributed by atoms with Gasteiger partial charge >= 0.3 is 0 Å². The number of nitrogens with zero attached hydrogens (tertiary/aromatic N) is 1. The Morgan fingerprint density at radius 1 is 1.70 bits per heavy atom. The predicted octanol–water partition coefficient (Wildman–Crippen LogP) is 1.59. The lowest BCUT2D eigenvalue weighted by Crippen LogP contribution is -2.15. The van der Waals surface area contributed by atoms with E-state index in [4.69, 9.17) is 23.2 Å². The molecule has 0 aliphatic rings. The van der Waals surface area contributed by atoms with Gasteiger partial charge in [0.05, 0.1) is 0 Å². The minimum Gasteiger partial charge on any atom is -0.301 e. The van der Waals surface area contributed by atoms with Crippen LogP contribution in [-0.4, -0.2) is 24.8 Å². The summed E-state index contributed by atoms with van der Waals surface area (Å²) in [5.41, 5.74) is -0.185. The van der Waals surface area contributed by atoms with Crippen molar-refractivity contribution in [3.63, 3.8) is 0 Å². The van der Waals surface area contributed by atoms with Crippen molar-refractivity contribution in [2.24, 2.45) is 4.99 Å². The van der Waals surface area contributed by atoms with Crippen LogP contribution >= 0.6 is 23.2 Å². The lowest BCUT2D eigenvalue weighted by atomic mass is 10.5. The maximum Gasteiger partial charge on any atom is 0.123 e. The Bertz CT molecular complexity index is 143. The number of halogens is 2. The fourth-order valence-corrected chi connectivity index (χ4v) is 0.480. The Labute approximate surface area is 70.9 Å². The summed E-state index contributed by atoms with van der Waals surface area (Å²) in [4.78, 5) is 3.70. The molecule has 0 saturated carbocycles. The fraction of sp³-hybridized carbons (Fsp3) is 0.500. The summed E-state index contributed by atoms with van der Waals surface area (Å²) in [5.74, 6) is 0. The first kappa shape index (κ1) is 9.95. The summed E-state index contributed by atoms with van der Waals surface area (Å²) in [6.45, 7) is 0. The molecule has 0 aromatic rings. The van der Waals surface area contributed by atoms with E-state index in [1.165, 1.54) is 0 Å². The number of allylic oxidation sites excluding steroid dienone is 1. The minimum atomic E-state index is -0.185. The highest BCUT2D eigenvalue weighted by molar-refractivity contribution is 6.68. The number of likely N-dealkylation sites (N-methyl/N-ethyl adjacent to an activating group) is 1. The summed E-state index contributed by atoms with van der Waals surface area (Å²) in [7, 11) is 3.38. The Kier molecular flexibility index (Phi) is 5.69. The highest BCUT2D eigenvalue weighted by Gasteiger charge is 1.91. The molecular weight excluding hydrogens is 171 g/mol. The van der Waals surface area contributed by atoms with Crippen molar-refractivity contribution in [3.8, 4) is 0 Å². The Hall–Kier alpha value is -0.0500. The number of hydrogen-bond donors (Lipinski definition) is 1. The standard InChI is InChI=1S/C6H10Cl2N2/c1-9-5(7)3-4-6(8)10-2/h3-5,9H,1-2H3. The summed E-state index contributed by atoms with van der Waals surface area (Å²) in [6.07, 6.45) is 3.37. The van der Waals surface area contributed by atoms with Crippen molar-refractivity contribution in [2.45, 2.75) is 5.50 Å². The van der Waals surface area contributed by atoms with E-state index in [-0.39, 0.29) is 5.50 Å². The van der Waals surface area contributed by atoms with E-state index < -0.39 is 0 Å². The second kappa shape index (κ2) is 5.71. The smallest absolute Gasteiger partial charge is 0.123 e. The Morgan fingerprint density at radius 3 is 2.70 bits per heavy atom. The maximum absolute atomic E-state index is 5.65. The average molecular weight is 181 g/mol. The molecule has 0 aromatic carbocycles. The first-order valence-electron chi connectivity index (χ1n) is 2.82. The van der Waals surface area contributed by atoms with Crippen LogP contribution in [0.25, 0.3) is 0 Å². The number of rotatable bonds is 3. The van der Waals surface area contributed by atoms with Gasteiger partial charge in [-0.25, -0.2) is 0 Å². The van der Waals surface area contributed by atoms with Crippen LogP contribution in [0.5, 0.6) is 0 Å². The zero-order valence-electron chi connectivity index (χ0n) is 5.94. The van der Waals surface area contributed by atoms with Crippen LogP contribution in [0, 0.1) is 0 Å². The van der Waals surface area contributed by atoms with E-state index in [2.05, 4.69) is 10.3 Å². The first-order valence-corrected chi connectivity index (χ1v) is 3.64. The molecule has 0 aliphatic carbocycles. The summed E-state index contributed by atoms with van der Waals surface area (Å²) in [6, 6.07) is 0. The van der Waals surface area contributed by atoms with Crippen LogP contribution in [0.2, 0.25) is 0 Å². The average Bonchev–Trinajstić information content (AvgIpc) is 1.99. The molecule has 0 rings (SSSR count). The quantitative estimate of drug-likeness (QED) is 0.399. The third kappa shape index (κ3) is 4.79. The molecule has 1 unspecified atom stereocenters. The molecule has 0 bridgehead atoms. The molecule has 0 aromatic heterocycles. The van der Waals surface area contributed by atoms with Crippen LogP contribution in [0.4, 0.5) is 0 Å². The normalized spacial score (nSPS) is 16.2. The monoisotopic (exact) mass is 180 g/mol. The second-order valence-electron chi connectivity index (χ2n) is 1.60. The first-order chi connectivity index (χ1) is 4.70. The molecule has 0 saturated heterocycles. The van der Waals surface area contributed by atoms with E-state index in [0.29, 0.717) is 5.17 Å². The third-order valence-electron chi connectivity index (χ3n) is 0.892. The molecule has 58 valence electrons. The lowest BCUT2D eigenvalue weighted by molar-refractivity contribution is 0.857. The Morgan fingerprint density at radius 2 is 2.30 bits per heavy atom. The van der Waals surface area contributed by atoms with Gasteiger partial charge in [-0.3, -0.25) is 4.99 Å². The summed E-state index contributed by atoms with van der Waals surface area (Å²) in [5, 5.41) is 3.25. The molecule has 10 heavy (non-hydrogen) atoms. The second-order valence-corrected chi connectivity index (χ2v) is 2.45. The van der Waals surface area contributed by atoms with Crippen LogP contribution in [0.3, 0.4) is 0 Å². The number of nitrogens with one attached hydrogen (secondary N) is 1. The summed E-state index contributed by atoms with van der Waals surface area (Å²) >= 11 is 11.2. The number of aliphatic imine (C=N–C) groups is 1. The molecule has 1 N–H and O–H groups in total. The molecular formula is C6H10Cl2N2. The molecule has 0 amide bonds. The molecule has 4 heteroatoms. The van der Waals surface area contributed by atoms with Gasteiger partial charge in [0.2, 0.25) is 0 Å². The van der Waals surface area contributed by atoms with Gasteiger partial charge in [-0.05, 0) is 19.2 Å². The fourth-order valence-electron chi connectivity index (χ4n) is 0.335. The van der Waals surface area contributed by atoms with Crippen LogP contribution in [0.1, 0.15) is 0 Å². The van der Waals surface area contributed by atoms with Crippen LogP contribution in [0.15, 0.2) is 17.1 Å². The van der Waals surface area contributed by atoms with E-state index in [0.717, 1.165) is 0 Å². The molecule has 2 nitrogen and oxygen atoms in total. The van der Waals surface area contributed by atoms with E-state index >= 15 is 0 Å². The van der Waals surface area contributed by atoms with Gasteiger partial charge in [0, 0.05) is 7.05 Å². The van der Waals surface area contributed by atoms with Gasteiger partial charge in [-0.15, -0.1) is 11.6 Å². The SMILES string of the molecule is CN=C(Cl)C=CC(Cl)NC. The van der Waals surface area contributed by atoms with Crippen LogP contribution < -0.4 is 5.32 Å². The van der Waals surface area contributed by atoms with Gasteiger partial charge < -0.3 is 5.32 Å². The van der Waals surface area contributed by atoms with Gasteiger partial charge in [-0.1, -0.05) is 11.6 Å². The van der Waals surface area contributed by atoms with E-state index in [1.807, 2.05) is 0 Å². The highest BCUT2D eigenvalue weighted by atomic mass is 35.5. The van der Waals surface area contributed by atoms with Crippen molar-refractivity contribution >= 4 is 28.4 Å². The van der Waals surface area contributed by atoms with Crippen molar-refractivity contribution in [1.29, 1.82) is 0 Å². The third-order valence-corrected chi connectivity index (χ3v) is 1.55. The van der Waals surface area contributed by atoms with Gasteiger partial charge in [0.15, 0.2) is 0 Å². The van der Waals surface area contributed by atoms with Crippen molar-refractivity contribution < 1.29 is 0 Å². The highest BCUT2D eigenvalue weighted by Crippen LogP contribution is 1.94. The van der Waals surface area contributed by atoms with Gasteiger partial charge in [-0.2, -0.15) is 0 Å². The van der Waals surface area contributed by atoms with Gasteiger partial charge in [0.1, 0.15) is 10.7 Å². The molecule has 0 heterocycles. The molecule has 0 spiro atoms. The summed E-state index contributed by atoms with van der Waals surface area (Å²) < 4.78 is 0. The van der Waals surface area contributed by atoms with E-state index in [1.54, 1.807) is 26.2 Å².